The van der Waals surface area contributed by atoms with Gasteiger partial charge in [0.1, 0.15) is 16.5 Å². The van der Waals surface area contributed by atoms with Crippen LogP contribution in [-0.4, -0.2) is 46.3 Å². The normalized spacial score (nSPS) is 24.0. The molecule has 2 atom stereocenters. The van der Waals surface area contributed by atoms with Gasteiger partial charge in [-0.2, -0.15) is 9.40 Å². The van der Waals surface area contributed by atoms with Crippen LogP contribution in [0.15, 0.2) is 65.2 Å². The maximum Gasteiger partial charge on any atom is 0.246 e. The molecular formula is C31H35F2N3O3S. The van der Waals surface area contributed by atoms with Gasteiger partial charge in [0.2, 0.25) is 10.0 Å². The molecule has 3 aliphatic carbocycles. The van der Waals surface area contributed by atoms with Gasteiger partial charge in [0.25, 0.3) is 0 Å². The van der Waals surface area contributed by atoms with Crippen molar-refractivity contribution in [3.8, 4) is 5.69 Å². The Labute approximate surface area is 234 Å². The molecule has 0 unspecified atom stereocenters. The van der Waals surface area contributed by atoms with Crippen LogP contribution in [0, 0.1) is 23.0 Å². The number of aromatic nitrogens is 2. The van der Waals surface area contributed by atoms with E-state index in [0.29, 0.717) is 19.3 Å². The lowest BCUT2D eigenvalue weighted by atomic mass is 9.70. The standard InChI is InChI=1S/C31H35F2N3O3S/c1-30-18-22-19-34-36(26-13-11-25(32)12-14-26)28(22)17-23(30)9-10-24(30)20-35(21-31(37)15-5-2-6-16-31)40(38,39)29-8-4-3-7-27(29)33/h3-4,7-8,11-14,17,19,24,37H,2,5-6,9-10,15-16,18,20-21H2,1H3/t24-,30+/m1/s1. The van der Waals surface area contributed by atoms with Crippen molar-refractivity contribution >= 4 is 16.1 Å². The zero-order chi connectivity index (χ0) is 28.1. The average molecular weight is 568 g/mol. The van der Waals surface area contributed by atoms with Crippen molar-refractivity contribution in [3.63, 3.8) is 0 Å². The minimum absolute atomic E-state index is 0.0187. The first-order valence-electron chi connectivity index (χ1n) is 14.1. The molecule has 0 radical (unpaired) electrons. The van der Waals surface area contributed by atoms with Crippen LogP contribution in [0.3, 0.4) is 0 Å². The first kappa shape index (κ1) is 27.3. The number of allylic oxidation sites excluding steroid dienone is 1. The molecule has 0 spiro atoms. The van der Waals surface area contributed by atoms with E-state index in [4.69, 9.17) is 0 Å². The Kier molecular flexibility index (Phi) is 6.95. The van der Waals surface area contributed by atoms with Gasteiger partial charge in [0.05, 0.1) is 23.2 Å². The maximum atomic E-state index is 14.8. The SMILES string of the molecule is C[C@]12Cc3cnn(-c4ccc(F)cc4)c3C=C1CC[C@@H]2CN(CC1(O)CCCCC1)S(=O)(=O)c1ccccc1F. The summed E-state index contributed by atoms with van der Waals surface area (Å²) in [5, 5.41) is 16.0. The van der Waals surface area contributed by atoms with Crippen molar-refractivity contribution in [2.45, 2.75) is 68.8 Å². The van der Waals surface area contributed by atoms with E-state index in [1.54, 1.807) is 12.1 Å². The molecule has 0 bridgehead atoms. The number of halogens is 2. The molecular weight excluding hydrogens is 532 g/mol. The highest BCUT2D eigenvalue weighted by atomic mass is 32.2. The van der Waals surface area contributed by atoms with Gasteiger partial charge in [-0.15, -0.1) is 0 Å². The summed E-state index contributed by atoms with van der Waals surface area (Å²) in [6.07, 6.45) is 10.1. The number of aliphatic hydroxyl groups is 1. The highest BCUT2D eigenvalue weighted by Crippen LogP contribution is 2.53. The lowest BCUT2D eigenvalue weighted by molar-refractivity contribution is -0.0140. The van der Waals surface area contributed by atoms with E-state index in [0.717, 1.165) is 49.0 Å². The van der Waals surface area contributed by atoms with Gasteiger partial charge in [-0.25, -0.2) is 21.9 Å². The van der Waals surface area contributed by atoms with Gasteiger partial charge in [0.15, 0.2) is 0 Å². The Morgan fingerprint density at radius 3 is 2.52 bits per heavy atom. The molecule has 3 aromatic rings. The fraction of sp³-hybridized carbons (Fsp3) is 0.452. The van der Waals surface area contributed by atoms with E-state index < -0.39 is 21.4 Å². The molecule has 6 nitrogen and oxygen atoms in total. The second kappa shape index (κ2) is 10.2. The maximum absolute atomic E-state index is 14.8. The molecule has 40 heavy (non-hydrogen) atoms. The quantitative estimate of drug-likeness (QED) is 0.386. The molecule has 1 heterocycles. The molecule has 9 heteroatoms. The Morgan fingerprint density at radius 2 is 1.80 bits per heavy atom. The molecule has 2 aromatic carbocycles. The minimum Gasteiger partial charge on any atom is -0.389 e. The van der Waals surface area contributed by atoms with Gasteiger partial charge in [-0.05, 0) is 91.5 Å². The number of fused-ring (bicyclic) bond motifs is 2. The third-order valence-electron chi connectivity index (χ3n) is 9.36. The highest BCUT2D eigenvalue weighted by Gasteiger charge is 2.48. The topological polar surface area (TPSA) is 75.4 Å². The second-order valence-electron chi connectivity index (χ2n) is 12.0. The van der Waals surface area contributed by atoms with Crippen molar-refractivity contribution in [2.24, 2.45) is 11.3 Å². The van der Waals surface area contributed by atoms with Crippen molar-refractivity contribution < 1.29 is 22.3 Å². The van der Waals surface area contributed by atoms with Crippen molar-refractivity contribution in [3.05, 3.63) is 83.2 Å². The molecule has 1 aromatic heterocycles. The molecule has 1 N–H and O–H groups in total. The Morgan fingerprint density at radius 1 is 1.07 bits per heavy atom. The number of rotatable bonds is 7. The van der Waals surface area contributed by atoms with E-state index >= 15 is 0 Å². The van der Waals surface area contributed by atoms with Crippen LogP contribution in [0.25, 0.3) is 11.8 Å². The van der Waals surface area contributed by atoms with Gasteiger partial charge in [-0.3, -0.25) is 0 Å². The lowest BCUT2D eigenvalue weighted by Gasteiger charge is -2.41. The van der Waals surface area contributed by atoms with Crippen LogP contribution in [0.1, 0.15) is 63.1 Å². The Bertz CT molecular complexity index is 1540. The average Bonchev–Trinajstić information content (AvgIpc) is 3.47. The van der Waals surface area contributed by atoms with Crippen molar-refractivity contribution in [1.82, 2.24) is 14.1 Å². The summed E-state index contributed by atoms with van der Waals surface area (Å²) in [7, 11) is -4.19. The van der Waals surface area contributed by atoms with Gasteiger partial charge in [0, 0.05) is 13.1 Å². The predicted molar refractivity (Wildman–Crippen MR) is 149 cm³/mol. The predicted octanol–water partition coefficient (Wildman–Crippen LogP) is 5.89. The van der Waals surface area contributed by atoms with E-state index in [9.17, 15) is 22.3 Å². The molecule has 0 amide bonds. The van der Waals surface area contributed by atoms with E-state index in [-0.39, 0.29) is 35.1 Å². The van der Waals surface area contributed by atoms with Crippen LogP contribution in [0.5, 0.6) is 0 Å². The van der Waals surface area contributed by atoms with Crippen LogP contribution >= 0.6 is 0 Å². The molecule has 212 valence electrons. The number of hydrogen-bond acceptors (Lipinski definition) is 4. The largest absolute Gasteiger partial charge is 0.389 e. The summed E-state index contributed by atoms with van der Waals surface area (Å²) in [4.78, 5) is -0.347. The zero-order valence-electron chi connectivity index (χ0n) is 22.7. The van der Waals surface area contributed by atoms with Crippen molar-refractivity contribution in [2.75, 3.05) is 13.1 Å². The smallest absolute Gasteiger partial charge is 0.246 e. The first-order valence-corrected chi connectivity index (χ1v) is 15.5. The van der Waals surface area contributed by atoms with Gasteiger partial charge >= 0.3 is 0 Å². The molecule has 3 aliphatic rings. The van der Waals surface area contributed by atoms with E-state index in [1.165, 1.54) is 46.3 Å². The van der Waals surface area contributed by atoms with Crippen LogP contribution in [0.4, 0.5) is 8.78 Å². The van der Waals surface area contributed by atoms with Gasteiger partial charge < -0.3 is 5.11 Å². The third kappa shape index (κ3) is 4.82. The number of nitrogens with zero attached hydrogens (tertiary/aromatic N) is 3. The monoisotopic (exact) mass is 567 g/mol. The Hall–Kier alpha value is -2.88. The summed E-state index contributed by atoms with van der Waals surface area (Å²) < 4.78 is 59.3. The second-order valence-corrected chi connectivity index (χ2v) is 13.9. The van der Waals surface area contributed by atoms with Crippen LogP contribution in [0.2, 0.25) is 0 Å². The summed E-state index contributed by atoms with van der Waals surface area (Å²) in [6.45, 7) is 2.34. The lowest BCUT2D eigenvalue weighted by Crippen LogP contribution is -2.49. The molecule has 2 fully saturated rings. The summed E-state index contributed by atoms with van der Waals surface area (Å²) >= 11 is 0. The number of sulfonamides is 1. The molecule has 2 saturated carbocycles. The highest BCUT2D eigenvalue weighted by molar-refractivity contribution is 7.89. The number of benzene rings is 2. The van der Waals surface area contributed by atoms with E-state index in [2.05, 4.69) is 18.1 Å². The number of hydrogen-bond donors (Lipinski definition) is 1. The minimum atomic E-state index is -4.19. The van der Waals surface area contributed by atoms with Crippen molar-refractivity contribution in [1.29, 1.82) is 0 Å². The third-order valence-corrected chi connectivity index (χ3v) is 11.2. The summed E-state index contributed by atoms with van der Waals surface area (Å²) in [5.74, 6) is -1.10. The fourth-order valence-corrected chi connectivity index (χ4v) is 8.63. The summed E-state index contributed by atoms with van der Waals surface area (Å²) in [5.41, 5.74) is 2.60. The molecule has 0 aliphatic heterocycles. The molecule has 0 saturated heterocycles. The van der Waals surface area contributed by atoms with Gasteiger partial charge in [-0.1, -0.05) is 43.9 Å². The van der Waals surface area contributed by atoms with Crippen LogP contribution in [-0.2, 0) is 16.4 Å². The molecule has 6 rings (SSSR count). The first-order chi connectivity index (χ1) is 19.1. The zero-order valence-corrected chi connectivity index (χ0v) is 23.5. The fourth-order valence-electron chi connectivity index (χ4n) is 7.00. The van der Waals surface area contributed by atoms with Crippen LogP contribution < -0.4 is 0 Å². The summed E-state index contributed by atoms with van der Waals surface area (Å²) in [6, 6.07) is 11.7. The Balaban J connectivity index is 1.32. The van der Waals surface area contributed by atoms with E-state index in [1.807, 2.05) is 10.9 Å².